The van der Waals surface area contributed by atoms with Crippen LogP contribution in [-0.4, -0.2) is 0 Å². The number of benzene rings is 2. The second-order valence-corrected chi connectivity index (χ2v) is 7.49. The molecule has 2 fully saturated rings. The standard InChI is InChI=1S/2C12H16/c2*1-3-7-11(8-4-1)12-9-5-2-6-10-12/h2*1,3-4,7-8,12H,2,5-6,9-10H2. The summed E-state index contributed by atoms with van der Waals surface area (Å²) in [7, 11) is 0. The minimum atomic E-state index is 0.861. The van der Waals surface area contributed by atoms with Gasteiger partial charge in [-0.2, -0.15) is 0 Å². The van der Waals surface area contributed by atoms with Crippen molar-refractivity contribution in [3.8, 4) is 0 Å². The van der Waals surface area contributed by atoms with Crippen LogP contribution in [-0.2, 0) is 0 Å². The molecule has 0 nitrogen and oxygen atoms in total. The molecular weight excluding hydrogens is 288 g/mol. The van der Waals surface area contributed by atoms with Crippen LogP contribution in [0.2, 0.25) is 0 Å². The Morgan fingerprint density at radius 3 is 1.08 bits per heavy atom. The molecule has 0 heteroatoms. The van der Waals surface area contributed by atoms with Crippen molar-refractivity contribution in [1.82, 2.24) is 0 Å². The third-order valence-corrected chi connectivity index (χ3v) is 5.75. The highest BCUT2D eigenvalue weighted by atomic mass is 14.2. The lowest BCUT2D eigenvalue weighted by atomic mass is 9.84. The Morgan fingerprint density at radius 1 is 0.417 bits per heavy atom. The van der Waals surface area contributed by atoms with E-state index in [4.69, 9.17) is 0 Å². The lowest BCUT2D eigenvalue weighted by Crippen LogP contribution is -2.03. The molecule has 0 atom stereocenters. The summed E-state index contributed by atoms with van der Waals surface area (Å²) in [5.74, 6) is 1.72. The highest BCUT2D eigenvalue weighted by molar-refractivity contribution is 5.20. The zero-order chi connectivity index (χ0) is 16.5. The van der Waals surface area contributed by atoms with Crippen LogP contribution in [0, 0.1) is 0 Å². The Bertz CT molecular complexity index is 492. The molecule has 0 heterocycles. The van der Waals surface area contributed by atoms with E-state index in [2.05, 4.69) is 60.7 Å². The number of rotatable bonds is 2. The molecule has 2 aromatic carbocycles. The number of hydrogen-bond acceptors (Lipinski definition) is 0. The van der Waals surface area contributed by atoms with Gasteiger partial charge in [-0.15, -0.1) is 0 Å². The predicted molar refractivity (Wildman–Crippen MR) is 105 cm³/mol. The molecule has 0 amide bonds. The summed E-state index contributed by atoms with van der Waals surface area (Å²) in [5, 5.41) is 0. The monoisotopic (exact) mass is 320 g/mol. The topological polar surface area (TPSA) is 0 Å². The van der Waals surface area contributed by atoms with E-state index >= 15 is 0 Å². The van der Waals surface area contributed by atoms with Crippen LogP contribution in [0.15, 0.2) is 60.7 Å². The van der Waals surface area contributed by atoms with E-state index in [-0.39, 0.29) is 0 Å². The maximum atomic E-state index is 2.27. The van der Waals surface area contributed by atoms with Crippen LogP contribution in [0.4, 0.5) is 0 Å². The van der Waals surface area contributed by atoms with Crippen LogP contribution >= 0.6 is 0 Å². The average molecular weight is 321 g/mol. The Hall–Kier alpha value is -1.56. The molecule has 0 aromatic heterocycles. The van der Waals surface area contributed by atoms with Gasteiger partial charge in [0.1, 0.15) is 0 Å². The fraction of sp³-hybridized carbons (Fsp3) is 0.500. The minimum Gasteiger partial charge on any atom is -0.0622 e. The lowest BCUT2D eigenvalue weighted by Gasteiger charge is -2.21. The largest absolute Gasteiger partial charge is 0.0622 e. The quantitative estimate of drug-likeness (QED) is 0.538. The Balaban J connectivity index is 0.000000141. The Morgan fingerprint density at radius 2 is 0.750 bits per heavy atom. The van der Waals surface area contributed by atoms with Crippen LogP contribution < -0.4 is 0 Å². The molecule has 2 aliphatic carbocycles. The Kier molecular flexibility index (Phi) is 6.96. The van der Waals surface area contributed by atoms with E-state index in [1.165, 1.54) is 64.2 Å². The molecule has 0 unspecified atom stereocenters. The first-order chi connectivity index (χ1) is 11.9. The zero-order valence-corrected chi connectivity index (χ0v) is 15.0. The molecule has 0 spiro atoms. The summed E-state index contributed by atoms with van der Waals surface area (Å²) in [5.41, 5.74) is 3.11. The van der Waals surface area contributed by atoms with E-state index in [0.29, 0.717) is 0 Å². The van der Waals surface area contributed by atoms with Crippen molar-refractivity contribution in [3.05, 3.63) is 71.8 Å². The van der Waals surface area contributed by atoms with Gasteiger partial charge in [0.25, 0.3) is 0 Å². The van der Waals surface area contributed by atoms with E-state index in [1.54, 1.807) is 11.1 Å². The molecule has 128 valence electrons. The second kappa shape index (κ2) is 9.67. The predicted octanol–water partition coefficient (Wildman–Crippen LogP) is 7.47. The highest BCUT2D eigenvalue weighted by Gasteiger charge is 2.15. The fourth-order valence-electron chi connectivity index (χ4n) is 4.32. The summed E-state index contributed by atoms with van der Waals surface area (Å²) in [6.45, 7) is 0. The van der Waals surface area contributed by atoms with Gasteiger partial charge in [-0.05, 0) is 48.6 Å². The highest BCUT2D eigenvalue weighted by Crippen LogP contribution is 2.32. The maximum Gasteiger partial charge on any atom is -0.0162 e. The number of hydrogen-bond donors (Lipinski definition) is 0. The normalized spacial score (nSPS) is 19.3. The molecule has 4 rings (SSSR count). The first-order valence-electron chi connectivity index (χ1n) is 10.0. The van der Waals surface area contributed by atoms with Gasteiger partial charge in [0.15, 0.2) is 0 Å². The molecule has 0 aliphatic heterocycles. The Labute approximate surface area is 148 Å². The SMILES string of the molecule is c1ccc(C2CCCCC2)cc1.c1ccc(C2CCCCC2)cc1. The average Bonchev–Trinajstić information content (AvgIpc) is 2.71. The molecule has 2 aromatic rings. The van der Waals surface area contributed by atoms with E-state index in [1.807, 2.05) is 0 Å². The lowest BCUT2D eigenvalue weighted by molar-refractivity contribution is 0.443. The smallest absolute Gasteiger partial charge is 0.0162 e. The zero-order valence-electron chi connectivity index (χ0n) is 15.0. The van der Waals surface area contributed by atoms with Crippen LogP contribution in [0.1, 0.15) is 87.2 Å². The van der Waals surface area contributed by atoms with Crippen molar-refractivity contribution in [1.29, 1.82) is 0 Å². The summed E-state index contributed by atoms with van der Waals surface area (Å²) in [4.78, 5) is 0. The minimum absolute atomic E-state index is 0.861. The van der Waals surface area contributed by atoms with Crippen LogP contribution in [0.5, 0.6) is 0 Å². The van der Waals surface area contributed by atoms with Gasteiger partial charge in [-0.1, -0.05) is 99.2 Å². The van der Waals surface area contributed by atoms with Gasteiger partial charge in [0.2, 0.25) is 0 Å². The second-order valence-electron chi connectivity index (χ2n) is 7.49. The molecule has 0 bridgehead atoms. The van der Waals surface area contributed by atoms with Gasteiger partial charge < -0.3 is 0 Å². The summed E-state index contributed by atoms with van der Waals surface area (Å²) < 4.78 is 0. The summed E-state index contributed by atoms with van der Waals surface area (Å²) in [6, 6.07) is 21.9. The molecule has 0 radical (unpaired) electrons. The van der Waals surface area contributed by atoms with Crippen LogP contribution in [0.3, 0.4) is 0 Å². The van der Waals surface area contributed by atoms with Crippen molar-refractivity contribution in [2.45, 2.75) is 76.0 Å². The molecular formula is C24H32. The van der Waals surface area contributed by atoms with E-state index in [9.17, 15) is 0 Å². The fourth-order valence-corrected chi connectivity index (χ4v) is 4.32. The van der Waals surface area contributed by atoms with Crippen molar-refractivity contribution >= 4 is 0 Å². The molecule has 0 saturated heterocycles. The third-order valence-electron chi connectivity index (χ3n) is 5.75. The molecule has 2 saturated carbocycles. The van der Waals surface area contributed by atoms with E-state index in [0.717, 1.165) is 11.8 Å². The third kappa shape index (κ3) is 5.23. The molecule has 0 N–H and O–H groups in total. The molecule has 2 aliphatic rings. The first kappa shape index (κ1) is 17.3. The van der Waals surface area contributed by atoms with Crippen molar-refractivity contribution in [3.63, 3.8) is 0 Å². The summed E-state index contributed by atoms with van der Waals surface area (Å²) >= 11 is 0. The van der Waals surface area contributed by atoms with Gasteiger partial charge in [0.05, 0.1) is 0 Å². The van der Waals surface area contributed by atoms with Gasteiger partial charge in [0, 0.05) is 0 Å². The molecule has 24 heavy (non-hydrogen) atoms. The van der Waals surface area contributed by atoms with Crippen molar-refractivity contribution in [2.75, 3.05) is 0 Å². The van der Waals surface area contributed by atoms with Gasteiger partial charge >= 0.3 is 0 Å². The first-order valence-corrected chi connectivity index (χ1v) is 10.0. The van der Waals surface area contributed by atoms with Gasteiger partial charge in [-0.3, -0.25) is 0 Å². The van der Waals surface area contributed by atoms with Crippen molar-refractivity contribution in [2.24, 2.45) is 0 Å². The maximum absolute atomic E-state index is 2.27. The van der Waals surface area contributed by atoms with Gasteiger partial charge in [-0.25, -0.2) is 0 Å². The van der Waals surface area contributed by atoms with E-state index < -0.39 is 0 Å². The van der Waals surface area contributed by atoms with Crippen molar-refractivity contribution < 1.29 is 0 Å². The van der Waals surface area contributed by atoms with Crippen LogP contribution in [0.25, 0.3) is 0 Å². The summed E-state index contributed by atoms with van der Waals surface area (Å²) in [6.07, 6.45) is 14.2.